The lowest BCUT2D eigenvalue weighted by atomic mass is 10.2. The lowest BCUT2D eigenvalue weighted by Gasteiger charge is -2.09. The lowest BCUT2D eigenvalue weighted by Crippen LogP contribution is -2.32. The van der Waals surface area contributed by atoms with Crippen LogP contribution in [-0.2, 0) is 4.79 Å². The minimum atomic E-state index is -0.497. The highest BCUT2D eigenvalue weighted by molar-refractivity contribution is 9.10. The maximum absolute atomic E-state index is 11.3. The van der Waals surface area contributed by atoms with Gasteiger partial charge in [-0.3, -0.25) is 4.79 Å². The van der Waals surface area contributed by atoms with Gasteiger partial charge in [0, 0.05) is 4.47 Å². The minimum Gasteiger partial charge on any atom is -0.324 e. The normalized spacial score (nSPS) is 12.3. The lowest BCUT2D eigenvalue weighted by molar-refractivity contribution is -0.117. The zero-order valence-electron chi connectivity index (χ0n) is 8.17. The first kappa shape index (κ1) is 11.2. The highest BCUT2D eigenvalue weighted by atomic mass is 79.9. The molecule has 0 bridgehead atoms. The van der Waals surface area contributed by atoms with E-state index in [9.17, 15) is 4.79 Å². The van der Waals surface area contributed by atoms with E-state index in [1.54, 1.807) is 6.92 Å². The first-order valence-electron chi connectivity index (χ1n) is 4.33. The Kier molecular flexibility index (Phi) is 3.66. The summed E-state index contributed by atoms with van der Waals surface area (Å²) in [5.74, 6) is -0.186. The van der Waals surface area contributed by atoms with Crippen LogP contribution in [0.3, 0.4) is 0 Å². The third kappa shape index (κ3) is 2.82. The van der Waals surface area contributed by atoms with Crippen molar-refractivity contribution in [3.8, 4) is 0 Å². The van der Waals surface area contributed by atoms with E-state index in [1.165, 1.54) is 0 Å². The van der Waals surface area contributed by atoms with Crippen LogP contribution in [0.4, 0.5) is 5.69 Å². The number of hydrogen-bond donors (Lipinski definition) is 2. The molecular weight excluding hydrogens is 244 g/mol. The molecule has 0 aliphatic heterocycles. The van der Waals surface area contributed by atoms with Gasteiger partial charge in [-0.15, -0.1) is 0 Å². The topological polar surface area (TPSA) is 55.1 Å². The van der Waals surface area contributed by atoms with Crippen molar-refractivity contribution < 1.29 is 4.79 Å². The number of hydrogen-bond acceptors (Lipinski definition) is 2. The fourth-order valence-corrected chi connectivity index (χ4v) is 1.56. The Morgan fingerprint density at radius 2 is 2.21 bits per heavy atom. The quantitative estimate of drug-likeness (QED) is 0.851. The number of nitrogens with one attached hydrogen (secondary N) is 1. The van der Waals surface area contributed by atoms with Crippen molar-refractivity contribution in [3.63, 3.8) is 0 Å². The molecule has 1 rings (SSSR count). The average Bonchev–Trinajstić information content (AvgIpc) is 2.09. The molecule has 0 aromatic heterocycles. The van der Waals surface area contributed by atoms with E-state index in [4.69, 9.17) is 5.73 Å². The molecule has 1 amide bonds. The molecular formula is C10H13BrN2O. The highest BCUT2D eigenvalue weighted by Gasteiger charge is 2.09. The first-order chi connectivity index (χ1) is 6.50. The summed E-state index contributed by atoms with van der Waals surface area (Å²) < 4.78 is 0.867. The Labute approximate surface area is 91.8 Å². The van der Waals surface area contributed by atoms with Crippen molar-refractivity contribution in [2.45, 2.75) is 19.9 Å². The van der Waals surface area contributed by atoms with Gasteiger partial charge in [0.15, 0.2) is 0 Å². The van der Waals surface area contributed by atoms with E-state index in [-0.39, 0.29) is 5.91 Å². The third-order valence-electron chi connectivity index (χ3n) is 1.80. The summed E-state index contributed by atoms with van der Waals surface area (Å²) in [6, 6.07) is 5.22. The van der Waals surface area contributed by atoms with E-state index in [0.717, 1.165) is 15.7 Å². The summed E-state index contributed by atoms with van der Waals surface area (Å²) in [5, 5.41) is 2.73. The summed E-state index contributed by atoms with van der Waals surface area (Å²) in [4.78, 5) is 11.3. The molecule has 0 radical (unpaired) electrons. The predicted molar refractivity (Wildman–Crippen MR) is 61.2 cm³/mol. The number of anilines is 1. The Morgan fingerprint density at radius 1 is 1.57 bits per heavy atom. The monoisotopic (exact) mass is 256 g/mol. The van der Waals surface area contributed by atoms with Gasteiger partial charge in [-0.2, -0.15) is 0 Å². The Bertz CT molecular complexity index is 350. The molecule has 14 heavy (non-hydrogen) atoms. The number of carbonyl (C=O) groups excluding carboxylic acids is 1. The summed E-state index contributed by atoms with van der Waals surface area (Å²) in [6.45, 7) is 3.64. The average molecular weight is 257 g/mol. The van der Waals surface area contributed by atoms with Crippen molar-refractivity contribution in [1.82, 2.24) is 0 Å². The van der Waals surface area contributed by atoms with Gasteiger partial charge >= 0.3 is 0 Å². The van der Waals surface area contributed by atoms with Crippen LogP contribution in [0, 0.1) is 6.92 Å². The van der Waals surface area contributed by atoms with Gasteiger partial charge in [0.05, 0.1) is 11.7 Å². The molecule has 1 atom stereocenters. The minimum absolute atomic E-state index is 0.186. The molecule has 0 saturated heterocycles. The fraction of sp³-hybridized carbons (Fsp3) is 0.300. The van der Waals surface area contributed by atoms with Crippen LogP contribution in [-0.4, -0.2) is 11.9 Å². The van der Waals surface area contributed by atoms with Crippen molar-refractivity contribution in [1.29, 1.82) is 0 Å². The Balaban J connectivity index is 2.82. The van der Waals surface area contributed by atoms with E-state index >= 15 is 0 Å². The molecule has 0 unspecified atom stereocenters. The number of aryl methyl sites for hydroxylation is 1. The summed E-state index contributed by atoms with van der Waals surface area (Å²) >= 11 is 3.37. The van der Waals surface area contributed by atoms with Gasteiger partial charge in [0.25, 0.3) is 0 Å². The number of amides is 1. The molecule has 0 saturated carbocycles. The largest absolute Gasteiger partial charge is 0.324 e. The SMILES string of the molecule is Cc1ccc(NC(=O)[C@H](C)N)c(Br)c1. The van der Waals surface area contributed by atoms with Crippen molar-refractivity contribution in [2.24, 2.45) is 5.73 Å². The van der Waals surface area contributed by atoms with E-state index < -0.39 is 6.04 Å². The van der Waals surface area contributed by atoms with Crippen LogP contribution >= 0.6 is 15.9 Å². The fourth-order valence-electron chi connectivity index (χ4n) is 0.968. The Morgan fingerprint density at radius 3 is 2.71 bits per heavy atom. The summed E-state index contributed by atoms with van der Waals surface area (Å²) in [6.07, 6.45) is 0. The van der Waals surface area contributed by atoms with Gasteiger partial charge in [0.1, 0.15) is 0 Å². The zero-order chi connectivity index (χ0) is 10.7. The second kappa shape index (κ2) is 4.57. The van der Waals surface area contributed by atoms with Gasteiger partial charge in [-0.25, -0.2) is 0 Å². The van der Waals surface area contributed by atoms with Gasteiger partial charge in [-0.1, -0.05) is 6.07 Å². The van der Waals surface area contributed by atoms with Crippen molar-refractivity contribution in [3.05, 3.63) is 28.2 Å². The van der Waals surface area contributed by atoms with E-state index in [1.807, 2.05) is 25.1 Å². The number of benzene rings is 1. The molecule has 3 N–H and O–H groups in total. The molecule has 0 aliphatic rings. The molecule has 0 spiro atoms. The number of rotatable bonds is 2. The maximum Gasteiger partial charge on any atom is 0.241 e. The summed E-state index contributed by atoms with van der Waals surface area (Å²) in [7, 11) is 0. The second-order valence-corrected chi connectivity index (χ2v) is 4.12. The van der Waals surface area contributed by atoms with Crippen molar-refractivity contribution >= 4 is 27.5 Å². The maximum atomic E-state index is 11.3. The first-order valence-corrected chi connectivity index (χ1v) is 5.12. The van der Waals surface area contributed by atoms with Crippen LogP contribution in [0.1, 0.15) is 12.5 Å². The van der Waals surface area contributed by atoms with Crippen LogP contribution in [0.25, 0.3) is 0 Å². The molecule has 0 aliphatic carbocycles. The summed E-state index contributed by atoms with van der Waals surface area (Å²) in [5.41, 5.74) is 7.32. The third-order valence-corrected chi connectivity index (χ3v) is 2.45. The van der Waals surface area contributed by atoms with Gasteiger partial charge in [-0.05, 0) is 47.5 Å². The van der Waals surface area contributed by atoms with Crippen LogP contribution < -0.4 is 11.1 Å². The number of carbonyl (C=O) groups is 1. The molecule has 1 aromatic rings. The van der Waals surface area contributed by atoms with E-state index in [2.05, 4.69) is 21.2 Å². The van der Waals surface area contributed by atoms with Crippen LogP contribution in [0.5, 0.6) is 0 Å². The molecule has 1 aromatic carbocycles. The van der Waals surface area contributed by atoms with Gasteiger partial charge < -0.3 is 11.1 Å². The van der Waals surface area contributed by atoms with Gasteiger partial charge in [0.2, 0.25) is 5.91 Å². The Hall–Kier alpha value is -0.870. The molecule has 0 fully saturated rings. The molecule has 4 heteroatoms. The number of nitrogens with two attached hydrogens (primary N) is 1. The zero-order valence-corrected chi connectivity index (χ0v) is 9.76. The van der Waals surface area contributed by atoms with Crippen LogP contribution in [0.2, 0.25) is 0 Å². The van der Waals surface area contributed by atoms with Crippen LogP contribution in [0.15, 0.2) is 22.7 Å². The highest BCUT2D eigenvalue weighted by Crippen LogP contribution is 2.23. The molecule has 76 valence electrons. The smallest absolute Gasteiger partial charge is 0.241 e. The van der Waals surface area contributed by atoms with E-state index in [0.29, 0.717) is 0 Å². The number of halogens is 1. The molecule has 3 nitrogen and oxygen atoms in total. The predicted octanol–water partition coefficient (Wildman–Crippen LogP) is 2.04. The second-order valence-electron chi connectivity index (χ2n) is 3.26. The van der Waals surface area contributed by atoms with Crippen molar-refractivity contribution in [2.75, 3.05) is 5.32 Å². The standard InChI is InChI=1S/C10H13BrN2O/c1-6-3-4-9(8(11)5-6)13-10(14)7(2)12/h3-5,7H,12H2,1-2H3,(H,13,14)/t7-/m0/s1. The molecule has 0 heterocycles.